The number of allylic oxidation sites excluding steroid dienone is 1. The van der Waals surface area contributed by atoms with Gasteiger partial charge in [0.05, 0.1) is 5.56 Å². The number of aromatic hydroxyl groups is 1. The molecule has 20 heavy (non-hydrogen) atoms. The number of nitrogens with zero attached hydrogens (tertiary/aromatic N) is 1. The minimum atomic E-state index is -0.337. The van der Waals surface area contributed by atoms with Crippen molar-refractivity contribution in [3.63, 3.8) is 0 Å². The van der Waals surface area contributed by atoms with Crippen LogP contribution < -0.4 is 5.56 Å². The minimum absolute atomic E-state index is 0.232. The summed E-state index contributed by atoms with van der Waals surface area (Å²) in [4.78, 5) is 18.4. The number of hydrogen-bond acceptors (Lipinski definition) is 4. The average Bonchev–Trinajstić information content (AvgIpc) is 2.42. The molecule has 0 aliphatic heterocycles. The first-order chi connectivity index (χ1) is 9.60. The quantitative estimate of drug-likeness (QED) is 0.506. The van der Waals surface area contributed by atoms with Gasteiger partial charge in [-0.05, 0) is 17.7 Å². The molecule has 0 bridgehead atoms. The molecular weight excluding hydrogens is 296 g/mol. The third kappa shape index (κ3) is 3.65. The zero-order valence-electron chi connectivity index (χ0n) is 10.6. The van der Waals surface area contributed by atoms with E-state index in [1.54, 1.807) is 18.2 Å². The highest BCUT2D eigenvalue weighted by molar-refractivity contribution is 7.98. The van der Waals surface area contributed by atoms with Crippen LogP contribution in [0.5, 0.6) is 5.88 Å². The molecule has 0 unspecified atom stereocenters. The van der Waals surface area contributed by atoms with Gasteiger partial charge < -0.3 is 10.1 Å². The van der Waals surface area contributed by atoms with Crippen LogP contribution in [0.15, 0.2) is 46.9 Å². The van der Waals surface area contributed by atoms with Gasteiger partial charge in [-0.15, -0.1) is 6.58 Å². The van der Waals surface area contributed by atoms with E-state index in [1.165, 1.54) is 11.8 Å². The van der Waals surface area contributed by atoms with Gasteiger partial charge in [0.1, 0.15) is 0 Å². The van der Waals surface area contributed by atoms with Crippen LogP contribution in [0, 0.1) is 0 Å². The second kappa shape index (κ2) is 6.63. The fraction of sp³-hybridized carbons (Fsp3) is 0.143. The first-order valence-corrected chi connectivity index (χ1v) is 7.27. The molecule has 1 aromatic heterocycles. The van der Waals surface area contributed by atoms with E-state index >= 15 is 0 Å². The van der Waals surface area contributed by atoms with Crippen molar-refractivity contribution >= 4 is 23.4 Å². The van der Waals surface area contributed by atoms with Crippen molar-refractivity contribution < 1.29 is 5.11 Å². The number of hydrogen-bond donors (Lipinski definition) is 2. The lowest BCUT2D eigenvalue weighted by Gasteiger charge is -2.04. The molecule has 0 fully saturated rings. The van der Waals surface area contributed by atoms with E-state index in [-0.39, 0.29) is 23.4 Å². The van der Waals surface area contributed by atoms with Gasteiger partial charge in [-0.1, -0.05) is 41.6 Å². The summed E-state index contributed by atoms with van der Waals surface area (Å²) in [6.07, 6.45) is 1.84. The monoisotopic (exact) mass is 308 g/mol. The Balaban J connectivity index is 2.12. The fourth-order valence-corrected chi connectivity index (χ4v) is 2.53. The molecule has 0 saturated carbocycles. The van der Waals surface area contributed by atoms with E-state index in [0.29, 0.717) is 15.9 Å². The summed E-state index contributed by atoms with van der Waals surface area (Å²) in [5.41, 5.74) is 0.948. The lowest BCUT2D eigenvalue weighted by molar-refractivity contribution is 0.437. The molecule has 0 atom stereocenters. The summed E-state index contributed by atoms with van der Waals surface area (Å²) in [6, 6.07) is 7.41. The lowest BCUT2D eigenvalue weighted by atomic mass is 10.2. The number of nitrogens with one attached hydrogen (secondary N) is 1. The van der Waals surface area contributed by atoms with E-state index in [1.807, 2.05) is 12.1 Å². The van der Waals surface area contributed by atoms with Crippen molar-refractivity contribution in [3.05, 3.63) is 63.4 Å². The predicted molar refractivity (Wildman–Crippen MR) is 81.4 cm³/mol. The van der Waals surface area contributed by atoms with Gasteiger partial charge in [0.25, 0.3) is 5.56 Å². The fourth-order valence-electron chi connectivity index (χ4n) is 1.59. The van der Waals surface area contributed by atoms with Crippen LogP contribution in [0.3, 0.4) is 0 Å². The van der Waals surface area contributed by atoms with Crippen LogP contribution >= 0.6 is 23.4 Å². The third-order valence-electron chi connectivity index (χ3n) is 2.61. The number of halogens is 1. The maximum absolute atomic E-state index is 11.8. The largest absolute Gasteiger partial charge is 0.493 e. The van der Waals surface area contributed by atoms with Crippen LogP contribution in [-0.2, 0) is 12.2 Å². The van der Waals surface area contributed by atoms with Gasteiger partial charge in [-0.2, -0.15) is 4.98 Å². The van der Waals surface area contributed by atoms with E-state index in [2.05, 4.69) is 16.5 Å². The predicted octanol–water partition coefficient (Wildman–Crippen LogP) is 3.15. The Hall–Kier alpha value is -1.72. The summed E-state index contributed by atoms with van der Waals surface area (Å²) >= 11 is 7.15. The van der Waals surface area contributed by atoms with E-state index < -0.39 is 0 Å². The van der Waals surface area contributed by atoms with Crippen LogP contribution in [0.25, 0.3) is 0 Å². The summed E-state index contributed by atoms with van der Waals surface area (Å²) in [6.45, 7) is 3.54. The lowest BCUT2D eigenvalue weighted by Crippen LogP contribution is -2.14. The average molecular weight is 309 g/mol. The van der Waals surface area contributed by atoms with Crippen LogP contribution in [0.4, 0.5) is 0 Å². The molecule has 0 radical (unpaired) electrons. The van der Waals surface area contributed by atoms with Gasteiger partial charge in [0, 0.05) is 17.2 Å². The summed E-state index contributed by atoms with van der Waals surface area (Å²) in [5.74, 6) is 0.382. The van der Waals surface area contributed by atoms with Crippen molar-refractivity contribution in [2.75, 3.05) is 0 Å². The highest BCUT2D eigenvalue weighted by Crippen LogP contribution is 2.22. The number of aromatic amines is 1. The smallest absolute Gasteiger partial charge is 0.258 e. The summed E-state index contributed by atoms with van der Waals surface area (Å²) in [5, 5.41) is 10.8. The zero-order chi connectivity index (χ0) is 14.5. The van der Waals surface area contributed by atoms with Gasteiger partial charge >= 0.3 is 0 Å². The summed E-state index contributed by atoms with van der Waals surface area (Å²) in [7, 11) is 0. The molecule has 4 nitrogen and oxygen atoms in total. The Morgan fingerprint density at radius 2 is 2.10 bits per heavy atom. The first kappa shape index (κ1) is 14.7. The van der Waals surface area contributed by atoms with Crippen molar-refractivity contribution in [2.45, 2.75) is 17.3 Å². The topological polar surface area (TPSA) is 66.0 Å². The van der Waals surface area contributed by atoms with Gasteiger partial charge in [-0.25, -0.2) is 0 Å². The number of H-pyrrole nitrogens is 1. The maximum Gasteiger partial charge on any atom is 0.258 e. The maximum atomic E-state index is 11.8. The molecule has 1 heterocycles. The van der Waals surface area contributed by atoms with Crippen molar-refractivity contribution in [1.82, 2.24) is 9.97 Å². The molecule has 2 N–H and O–H groups in total. The van der Waals surface area contributed by atoms with Crippen LogP contribution in [-0.4, -0.2) is 15.1 Å². The highest BCUT2D eigenvalue weighted by Gasteiger charge is 2.09. The molecule has 0 aliphatic carbocycles. The van der Waals surface area contributed by atoms with Crippen molar-refractivity contribution in [2.24, 2.45) is 0 Å². The molecule has 104 valence electrons. The van der Waals surface area contributed by atoms with Crippen LogP contribution in [0.2, 0.25) is 5.02 Å². The first-order valence-electron chi connectivity index (χ1n) is 5.90. The Morgan fingerprint density at radius 3 is 2.70 bits per heavy atom. The van der Waals surface area contributed by atoms with Gasteiger partial charge in [-0.3, -0.25) is 4.79 Å². The van der Waals surface area contributed by atoms with Crippen LogP contribution in [0.1, 0.15) is 11.1 Å². The van der Waals surface area contributed by atoms with Gasteiger partial charge in [0.15, 0.2) is 5.16 Å². The molecular formula is C14H13ClN2O2S. The van der Waals surface area contributed by atoms with Crippen molar-refractivity contribution in [1.29, 1.82) is 0 Å². The van der Waals surface area contributed by atoms with E-state index in [9.17, 15) is 9.90 Å². The second-order valence-corrected chi connectivity index (χ2v) is 5.48. The SMILES string of the molecule is C=CCc1c(O)nc(SCc2ccc(Cl)cc2)[nH]c1=O. The normalized spacial score (nSPS) is 10.4. The number of aromatic nitrogens is 2. The molecule has 2 aromatic rings. The Morgan fingerprint density at radius 1 is 1.40 bits per heavy atom. The van der Waals surface area contributed by atoms with Crippen molar-refractivity contribution in [3.8, 4) is 5.88 Å². The Labute approximate surface area is 125 Å². The second-order valence-electron chi connectivity index (χ2n) is 4.08. The van der Waals surface area contributed by atoms with E-state index in [4.69, 9.17) is 11.6 Å². The summed E-state index contributed by atoms with van der Waals surface area (Å²) < 4.78 is 0. The Bertz CT molecular complexity index is 668. The standard InChI is InChI=1S/C14H13ClN2O2S/c1-2-3-11-12(18)16-14(17-13(11)19)20-8-9-4-6-10(15)7-5-9/h2,4-7H,1,3,8H2,(H2,16,17,18,19). The molecule has 0 aliphatic rings. The van der Waals surface area contributed by atoms with Gasteiger partial charge in [0.2, 0.25) is 5.88 Å². The highest BCUT2D eigenvalue weighted by atomic mass is 35.5. The number of rotatable bonds is 5. The molecule has 2 rings (SSSR count). The number of benzene rings is 1. The molecule has 0 spiro atoms. The molecule has 0 amide bonds. The van der Waals surface area contributed by atoms with E-state index in [0.717, 1.165) is 5.56 Å². The third-order valence-corrected chi connectivity index (χ3v) is 3.81. The molecule has 0 saturated heterocycles. The molecule has 1 aromatic carbocycles. The Kier molecular flexibility index (Phi) is 4.87. The molecule has 6 heteroatoms. The minimum Gasteiger partial charge on any atom is -0.493 e. The number of thioether (sulfide) groups is 1. The zero-order valence-corrected chi connectivity index (χ0v) is 12.2.